The first kappa shape index (κ1) is 18.9. The lowest BCUT2D eigenvalue weighted by Crippen LogP contribution is -2.32. The lowest BCUT2D eigenvalue weighted by atomic mass is 10.2. The van der Waals surface area contributed by atoms with E-state index in [1.54, 1.807) is 36.4 Å². The molecule has 0 radical (unpaired) electrons. The number of nitrogens with zero attached hydrogens (tertiary/aromatic N) is 2. The van der Waals surface area contributed by atoms with Crippen molar-refractivity contribution in [3.63, 3.8) is 0 Å². The standard InChI is InChI=1S/C19H18BrN3O4/c1-3-26-16-10-12(9-14(20)17(16)27-4-2)11-21-23-18(24)13-7-5-6-8-15(13)22-19(23)25/h5-11H,3-4H2,1-2H3,(H,22,25). The first-order valence-corrected chi connectivity index (χ1v) is 9.22. The van der Waals surface area contributed by atoms with Gasteiger partial charge in [0.25, 0.3) is 5.56 Å². The van der Waals surface area contributed by atoms with Crippen molar-refractivity contribution >= 4 is 33.0 Å². The molecule has 140 valence electrons. The van der Waals surface area contributed by atoms with Crippen molar-refractivity contribution in [1.29, 1.82) is 0 Å². The summed E-state index contributed by atoms with van der Waals surface area (Å²) in [7, 11) is 0. The summed E-state index contributed by atoms with van der Waals surface area (Å²) >= 11 is 3.45. The number of ether oxygens (including phenoxy) is 2. The molecule has 0 fully saturated rings. The van der Waals surface area contributed by atoms with Gasteiger partial charge in [0, 0.05) is 0 Å². The zero-order valence-electron chi connectivity index (χ0n) is 14.9. The van der Waals surface area contributed by atoms with E-state index < -0.39 is 11.2 Å². The minimum absolute atomic E-state index is 0.386. The number of hydrogen-bond donors (Lipinski definition) is 1. The zero-order valence-corrected chi connectivity index (χ0v) is 16.4. The van der Waals surface area contributed by atoms with E-state index in [0.717, 1.165) is 4.68 Å². The van der Waals surface area contributed by atoms with E-state index in [1.165, 1.54) is 6.21 Å². The zero-order chi connectivity index (χ0) is 19.4. The summed E-state index contributed by atoms with van der Waals surface area (Å²) in [5, 5.41) is 4.45. The Morgan fingerprint density at radius 2 is 1.89 bits per heavy atom. The Hall–Kier alpha value is -2.87. The van der Waals surface area contributed by atoms with Crippen LogP contribution in [0.4, 0.5) is 0 Å². The number of nitrogens with one attached hydrogen (secondary N) is 1. The molecule has 0 aliphatic heterocycles. The number of aromatic nitrogens is 2. The van der Waals surface area contributed by atoms with Crippen LogP contribution in [0.25, 0.3) is 10.9 Å². The average molecular weight is 432 g/mol. The molecule has 0 saturated heterocycles. The molecule has 0 atom stereocenters. The third kappa shape index (κ3) is 3.95. The molecule has 0 aliphatic rings. The Labute approximate surface area is 163 Å². The van der Waals surface area contributed by atoms with Gasteiger partial charge in [-0.3, -0.25) is 4.79 Å². The van der Waals surface area contributed by atoms with Gasteiger partial charge in [-0.2, -0.15) is 5.10 Å². The van der Waals surface area contributed by atoms with E-state index in [2.05, 4.69) is 26.0 Å². The molecule has 1 N–H and O–H groups in total. The lowest BCUT2D eigenvalue weighted by Gasteiger charge is -2.13. The average Bonchev–Trinajstić information content (AvgIpc) is 2.64. The number of H-pyrrole nitrogens is 1. The van der Waals surface area contributed by atoms with E-state index >= 15 is 0 Å². The predicted molar refractivity (Wildman–Crippen MR) is 108 cm³/mol. The molecule has 3 rings (SSSR count). The minimum Gasteiger partial charge on any atom is -0.490 e. The summed E-state index contributed by atoms with van der Waals surface area (Å²) in [4.78, 5) is 27.4. The Morgan fingerprint density at radius 3 is 2.63 bits per heavy atom. The number of fused-ring (bicyclic) bond motifs is 1. The Balaban J connectivity index is 2.05. The largest absolute Gasteiger partial charge is 0.490 e. The van der Waals surface area contributed by atoms with Crippen LogP contribution >= 0.6 is 15.9 Å². The van der Waals surface area contributed by atoms with Gasteiger partial charge in [-0.05, 0) is 59.6 Å². The maximum absolute atomic E-state index is 12.5. The highest BCUT2D eigenvalue weighted by Crippen LogP contribution is 2.36. The third-order valence-electron chi connectivity index (χ3n) is 3.73. The fraction of sp³-hybridized carbons (Fsp3) is 0.211. The topological polar surface area (TPSA) is 85.7 Å². The quantitative estimate of drug-likeness (QED) is 0.607. The van der Waals surface area contributed by atoms with Gasteiger partial charge in [0.1, 0.15) is 0 Å². The first-order valence-electron chi connectivity index (χ1n) is 8.42. The van der Waals surface area contributed by atoms with Crippen molar-refractivity contribution in [2.45, 2.75) is 13.8 Å². The van der Waals surface area contributed by atoms with Crippen LogP contribution in [0.15, 0.2) is 55.6 Å². The van der Waals surface area contributed by atoms with Gasteiger partial charge < -0.3 is 14.5 Å². The van der Waals surface area contributed by atoms with Crippen LogP contribution in [0.3, 0.4) is 0 Å². The smallest absolute Gasteiger partial charge is 0.349 e. The van der Waals surface area contributed by atoms with Gasteiger partial charge in [0.15, 0.2) is 11.5 Å². The first-order chi connectivity index (χ1) is 13.0. The predicted octanol–water partition coefficient (Wildman–Crippen LogP) is 3.13. The maximum Gasteiger partial charge on any atom is 0.349 e. The lowest BCUT2D eigenvalue weighted by molar-refractivity contribution is 0.286. The number of para-hydroxylation sites is 1. The third-order valence-corrected chi connectivity index (χ3v) is 4.32. The Morgan fingerprint density at radius 1 is 1.15 bits per heavy atom. The molecule has 1 aromatic heterocycles. The van der Waals surface area contributed by atoms with Crippen molar-refractivity contribution < 1.29 is 9.47 Å². The van der Waals surface area contributed by atoms with Crippen LogP contribution in [0, 0.1) is 0 Å². The van der Waals surface area contributed by atoms with Crippen LogP contribution in [0.1, 0.15) is 19.4 Å². The normalized spacial score (nSPS) is 11.2. The highest BCUT2D eigenvalue weighted by atomic mass is 79.9. The summed E-state index contributed by atoms with van der Waals surface area (Å²) < 4.78 is 12.7. The number of halogens is 1. The fourth-order valence-electron chi connectivity index (χ4n) is 2.59. The van der Waals surface area contributed by atoms with Crippen molar-refractivity contribution in [2.24, 2.45) is 5.10 Å². The minimum atomic E-state index is -0.606. The summed E-state index contributed by atoms with van der Waals surface area (Å²) in [5.74, 6) is 1.15. The molecule has 7 nitrogen and oxygen atoms in total. The van der Waals surface area contributed by atoms with Gasteiger partial charge in [-0.15, -0.1) is 4.68 Å². The summed E-state index contributed by atoms with van der Waals surface area (Å²) in [6.07, 6.45) is 1.43. The number of rotatable bonds is 6. The second-order valence-electron chi connectivity index (χ2n) is 5.53. The molecule has 1 heterocycles. The van der Waals surface area contributed by atoms with E-state index in [9.17, 15) is 9.59 Å². The van der Waals surface area contributed by atoms with Gasteiger partial charge >= 0.3 is 5.69 Å². The summed E-state index contributed by atoms with van der Waals surface area (Å²) in [6.45, 7) is 4.72. The molecule has 0 bridgehead atoms. The van der Waals surface area contributed by atoms with Gasteiger partial charge in [-0.1, -0.05) is 12.1 Å². The van der Waals surface area contributed by atoms with Gasteiger partial charge in [-0.25, -0.2) is 4.79 Å². The van der Waals surface area contributed by atoms with Crippen LogP contribution in [0.2, 0.25) is 0 Å². The van der Waals surface area contributed by atoms with Gasteiger partial charge in [0.05, 0.1) is 34.8 Å². The summed E-state index contributed by atoms with van der Waals surface area (Å²) in [6, 6.07) is 10.3. The van der Waals surface area contributed by atoms with Crippen molar-refractivity contribution in [1.82, 2.24) is 9.66 Å². The van der Waals surface area contributed by atoms with E-state index in [1.807, 2.05) is 13.8 Å². The highest BCUT2D eigenvalue weighted by molar-refractivity contribution is 9.10. The Kier molecular flexibility index (Phi) is 5.75. The van der Waals surface area contributed by atoms with Crippen molar-refractivity contribution in [2.75, 3.05) is 13.2 Å². The molecule has 3 aromatic rings. The van der Waals surface area contributed by atoms with E-state index in [0.29, 0.717) is 45.7 Å². The van der Waals surface area contributed by atoms with Gasteiger partial charge in [0.2, 0.25) is 0 Å². The molecule has 27 heavy (non-hydrogen) atoms. The fourth-order valence-corrected chi connectivity index (χ4v) is 3.17. The molecule has 8 heteroatoms. The molecule has 0 saturated carbocycles. The number of hydrogen-bond acceptors (Lipinski definition) is 5. The molecule has 0 spiro atoms. The second-order valence-corrected chi connectivity index (χ2v) is 6.39. The van der Waals surface area contributed by atoms with Crippen LogP contribution in [-0.4, -0.2) is 29.1 Å². The molecular formula is C19H18BrN3O4. The second kappa shape index (κ2) is 8.22. The van der Waals surface area contributed by atoms with Crippen molar-refractivity contribution in [3.8, 4) is 11.5 Å². The monoisotopic (exact) mass is 431 g/mol. The molecule has 0 amide bonds. The van der Waals surface area contributed by atoms with Crippen LogP contribution in [-0.2, 0) is 0 Å². The molecule has 0 aliphatic carbocycles. The number of aromatic amines is 1. The molecule has 0 unspecified atom stereocenters. The van der Waals surface area contributed by atoms with Crippen molar-refractivity contribution in [3.05, 3.63) is 67.3 Å². The summed E-state index contributed by atoms with van der Waals surface area (Å²) in [5.41, 5.74) is 0.0280. The maximum atomic E-state index is 12.5. The highest BCUT2D eigenvalue weighted by Gasteiger charge is 2.12. The van der Waals surface area contributed by atoms with Crippen LogP contribution < -0.4 is 20.7 Å². The molecular weight excluding hydrogens is 414 g/mol. The Bertz CT molecular complexity index is 1120. The van der Waals surface area contributed by atoms with Crippen LogP contribution in [0.5, 0.6) is 11.5 Å². The SMILES string of the molecule is CCOc1cc(C=Nn2c(=O)[nH]c3ccccc3c2=O)cc(Br)c1OCC. The molecule has 2 aromatic carbocycles. The van der Waals surface area contributed by atoms with E-state index in [-0.39, 0.29) is 0 Å². The number of benzene rings is 2. The van der Waals surface area contributed by atoms with E-state index in [4.69, 9.17) is 9.47 Å².